The highest BCUT2D eigenvalue weighted by molar-refractivity contribution is 7.99. The molecular formula is C11H11ClO4S. The summed E-state index contributed by atoms with van der Waals surface area (Å²) in [5.74, 6) is -0.884. The van der Waals surface area contributed by atoms with Gasteiger partial charge in [0.15, 0.2) is 0 Å². The maximum absolute atomic E-state index is 11.0. The molecule has 0 saturated heterocycles. The van der Waals surface area contributed by atoms with E-state index in [1.807, 2.05) is 0 Å². The monoisotopic (exact) mass is 274 g/mol. The SMILES string of the molecule is COC(=O)CCSc1ccc(Cl)cc1C(=O)O. The zero-order valence-corrected chi connectivity index (χ0v) is 10.7. The van der Waals surface area contributed by atoms with Crippen molar-refractivity contribution in [2.45, 2.75) is 11.3 Å². The van der Waals surface area contributed by atoms with Gasteiger partial charge in [-0.1, -0.05) is 11.6 Å². The Morgan fingerprint density at radius 1 is 1.47 bits per heavy atom. The van der Waals surface area contributed by atoms with Crippen LogP contribution < -0.4 is 0 Å². The van der Waals surface area contributed by atoms with Crippen molar-refractivity contribution in [2.75, 3.05) is 12.9 Å². The topological polar surface area (TPSA) is 63.6 Å². The second-order valence-corrected chi connectivity index (χ2v) is 4.69. The van der Waals surface area contributed by atoms with Gasteiger partial charge >= 0.3 is 11.9 Å². The third-order valence-corrected chi connectivity index (χ3v) is 3.27. The molecular weight excluding hydrogens is 264 g/mol. The van der Waals surface area contributed by atoms with Gasteiger partial charge in [-0.3, -0.25) is 4.79 Å². The van der Waals surface area contributed by atoms with E-state index in [-0.39, 0.29) is 18.0 Å². The predicted molar refractivity (Wildman–Crippen MR) is 65.8 cm³/mol. The molecule has 0 bridgehead atoms. The zero-order chi connectivity index (χ0) is 12.8. The van der Waals surface area contributed by atoms with Crippen LogP contribution in [0.3, 0.4) is 0 Å². The van der Waals surface area contributed by atoms with Gasteiger partial charge in [-0.25, -0.2) is 4.79 Å². The first kappa shape index (κ1) is 13.9. The number of carbonyl (C=O) groups is 2. The Balaban J connectivity index is 2.70. The van der Waals surface area contributed by atoms with Crippen LogP contribution in [0.4, 0.5) is 0 Å². The maximum atomic E-state index is 11.0. The first-order valence-corrected chi connectivity index (χ1v) is 6.13. The smallest absolute Gasteiger partial charge is 0.336 e. The molecule has 0 atom stereocenters. The Morgan fingerprint density at radius 2 is 2.18 bits per heavy atom. The molecule has 0 saturated carbocycles. The summed E-state index contributed by atoms with van der Waals surface area (Å²) in [7, 11) is 1.32. The van der Waals surface area contributed by atoms with Gasteiger partial charge in [0.05, 0.1) is 19.1 Å². The van der Waals surface area contributed by atoms with E-state index >= 15 is 0 Å². The molecule has 0 aliphatic heterocycles. The number of hydrogen-bond donors (Lipinski definition) is 1. The summed E-state index contributed by atoms with van der Waals surface area (Å²) in [6.07, 6.45) is 0.239. The minimum atomic E-state index is -1.03. The van der Waals surface area contributed by atoms with Crippen LogP contribution in [-0.4, -0.2) is 29.9 Å². The molecule has 1 aromatic carbocycles. The normalized spacial score (nSPS) is 10.0. The van der Waals surface area contributed by atoms with Crippen molar-refractivity contribution in [1.29, 1.82) is 0 Å². The van der Waals surface area contributed by atoms with Crippen LogP contribution in [0, 0.1) is 0 Å². The number of halogens is 1. The van der Waals surface area contributed by atoms with Crippen LogP contribution in [0.25, 0.3) is 0 Å². The average Bonchev–Trinajstić information content (AvgIpc) is 2.30. The van der Waals surface area contributed by atoms with E-state index in [1.54, 1.807) is 12.1 Å². The van der Waals surface area contributed by atoms with Gasteiger partial charge in [-0.15, -0.1) is 11.8 Å². The first-order valence-electron chi connectivity index (χ1n) is 4.77. The summed E-state index contributed by atoms with van der Waals surface area (Å²) in [6, 6.07) is 4.65. The number of ether oxygens (including phenoxy) is 1. The van der Waals surface area contributed by atoms with Crippen LogP contribution in [0.1, 0.15) is 16.8 Å². The highest BCUT2D eigenvalue weighted by atomic mass is 35.5. The fraction of sp³-hybridized carbons (Fsp3) is 0.273. The standard InChI is InChI=1S/C11H11ClO4S/c1-16-10(13)4-5-17-9-3-2-7(12)6-8(9)11(14)15/h2-3,6H,4-5H2,1H3,(H,14,15). The molecule has 0 heterocycles. The Labute approximate surface area is 108 Å². The van der Waals surface area contributed by atoms with Crippen LogP contribution in [-0.2, 0) is 9.53 Å². The van der Waals surface area contributed by atoms with Crippen LogP contribution in [0.15, 0.2) is 23.1 Å². The van der Waals surface area contributed by atoms with Crippen LogP contribution >= 0.6 is 23.4 Å². The second-order valence-electron chi connectivity index (χ2n) is 3.12. The van der Waals surface area contributed by atoms with Gasteiger partial charge in [-0.05, 0) is 18.2 Å². The van der Waals surface area contributed by atoms with E-state index in [4.69, 9.17) is 16.7 Å². The minimum Gasteiger partial charge on any atom is -0.478 e. The molecule has 0 aliphatic rings. The van der Waals surface area contributed by atoms with E-state index < -0.39 is 5.97 Å². The average molecular weight is 275 g/mol. The Kier molecular flexibility index (Phi) is 5.31. The molecule has 0 fully saturated rings. The number of thioether (sulfide) groups is 1. The van der Waals surface area contributed by atoms with E-state index in [1.165, 1.54) is 24.9 Å². The molecule has 92 valence electrons. The molecule has 1 rings (SSSR count). The second kappa shape index (κ2) is 6.51. The summed E-state index contributed by atoms with van der Waals surface area (Å²) in [4.78, 5) is 22.5. The third-order valence-electron chi connectivity index (χ3n) is 1.96. The fourth-order valence-corrected chi connectivity index (χ4v) is 2.27. The van der Waals surface area contributed by atoms with Crippen molar-refractivity contribution >= 4 is 35.3 Å². The number of rotatable bonds is 5. The van der Waals surface area contributed by atoms with Crippen molar-refractivity contribution in [3.8, 4) is 0 Å². The number of carboxylic acids is 1. The van der Waals surface area contributed by atoms with Crippen molar-refractivity contribution < 1.29 is 19.4 Å². The third kappa shape index (κ3) is 4.28. The lowest BCUT2D eigenvalue weighted by molar-refractivity contribution is -0.140. The van der Waals surface area contributed by atoms with Gasteiger partial charge < -0.3 is 9.84 Å². The fourth-order valence-electron chi connectivity index (χ4n) is 1.14. The Morgan fingerprint density at radius 3 is 2.76 bits per heavy atom. The lowest BCUT2D eigenvalue weighted by Crippen LogP contribution is -2.02. The van der Waals surface area contributed by atoms with Gasteiger partial charge in [0.1, 0.15) is 0 Å². The Bertz CT molecular complexity index is 433. The summed E-state index contributed by atoms with van der Waals surface area (Å²) >= 11 is 7.01. The molecule has 0 spiro atoms. The molecule has 1 N–H and O–H groups in total. The molecule has 0 aliphatic carbocycles. The first-order chi connectivity index (χ1) is 8.04. The quantitative estimate of drug-likeness (QED) is 0.661. The lowest BCUT2D eigenvalue weighted by Gasteiger charge is -2.05. The van der Waals surface area contributed by atoms with E-state index in [9.17, 15) is 9.59 Å². The molecule has 4 nitrogen and oxygen atoms in total. The summed E-state index contributed by atoms with van der Waals surface area (Å²) < 4.78 is 4.50. The molecule has 0 amide bonds. The number of carbonyl (C=O) groups excluding carboxylic acids is 1. The predicted octanol–water partition coefficient (Wildman–Crippen LogP) is 2.69. The highest BCUT2D eigenvalue weighted by Gasteiger charge is 2.11. The molecule has 17 heavy (non-hydrogen) atoms. The molecule has 6 heteroatoms. The van der Waals surface area contributed by atoms with Gasteiger partial charge in [0, 0.05) is 15.7 Å². The van der Waals surface area contributed by atoms with Crippen molar-refractivity contribution in [2.24, 2.45) is 0 Å². The lowest BCUT2D eigenvalue weighted by atomic mass is 10.2. The maximum Gasteiger partial charge on any atom is 0.336 e. The highest BCUT2D eigenvalue weighted by Crippen LogP contribution is 2.26. The number of hydrogen-bond acceptors (Lipinski definition) is 4. The molecule has 1 aromatic rings. The molecule has 0 aromatic heterocycles. The molecule has 0 radical (unpaired) electrons. The number of carboxylic acid groups (broad SMARTS) is 1. The summed E-state index contributed by atoms with van der Waals surface area (Å²) in [6.45, 7) is 0. The molecule has 0 unspecified atom stereocenters. The largest absolute Gasteiger partial charge is 0.478 e. The zero-order valence-electron chi connectivity index (χ0n) is 9.10. The summed E-state index contributed by atoms with van der Waals surface area (Å²) in [5.41, 5.74) is 0.146. The van der Waals surface area contributed by atoms with Gasteiger partial charge in [0.2, 0.25) is 0 Å². The van der Waals surface area contributed by atoms with Crippen LogP contribution in [0.5, 0.6) is 0 Å². The van der Waals surface area contributed by atoms with E-state index in [2.05, 4.69) is 4.74 Å². The van der Waals surface area contributed by atoms with Crippen molar-refractivity contribution in [3.05, 3.63) is 28.8 Å². The number of benzene rings is 1. The number of methoxy groups -OCH3 is 1. The van der Waals surface area contributed by atoms with E-state index in [0.717, 1.165) is 0 Å². The number of esters is 1. The van der Waals surface area contributed by atoms with Gasteiger partial charge in [-0.2, -0.15) is 0 Å². The van der Waals surface area contributed by atoms with Crippen molar-refractivity contribution in [3.63, 3.8) is 0 Å². The van der Waals surface area contributed by atoms with Crippen molar-refractivity contribution in [1.82, 2.24) is 0 Å². The summed E-state index contributed by atoms with van der Waals surface area (Å²) in [5, 5.41) is 9.36. The number of aromatic carboxylic acids is 1. The Hall–Kier alpha value is -1.20. The minimum absolute atomic E-state index is 0.146. The van der Waals surface area contributed by atoms with Crippen LogP contribution in [0.2, 0.25) is 5.02 Å². The van der Waals surface area contributed by atoms with Gasteiger partial charge in [0.25, 0.3) is 0 Å². The van der Waals surface area contributed by atoms with E-state index in [0.29, 0.717) is 15.7 Å².